The first-order valence-electron chi connectivity index (χ1n) is 3.67. The quantitative estimate of drug-likeness (QED) is 0.591. The molecule has 0 bridgehead atoms. The van der Waals surface area contributed by atoms with E-state index < -0.39 is 8.32 Å². The molecule has 0 aromatic heterocycles. The molecule has 0 N–H and O–H groups in total. The monoisotopic (exact) mass is 160 g/mol. The highest BCUT2D eigenvalue weighted by Crippen LogP contribution is 2.12. The van der Waals surface area contributed by atoms with Gasteiger partial charge in [0.2, 0.25) is 8.32 Å². The molecule has 0 radical (unpaired) electrons. The van der Waals surface area contributed by atoms with Gasteiger partial charge >= 0.3 is 0 Å². The summed E-state index contributed by atoms with van der Waals surface area (Å²) < 4.78 is 5.18. The first-order valence-corrected chi connectivity index (χ1v) is 6.79. The van der Waals surface area contributed by atoms with Gasteiger partial charge in [-0.15, -0.1) is 0 Å². The van der Waals surface area contributed by atoms with Crippen LogP contribution >= 0.6 is 0 Å². The van der Waals surface area contributed by atoms with Crippen molar-refractivity contribution in [3.05, 3.63) is 0 Å². The maximum Gasteiger partial charge on any atom is 0.289 e. The van der Waals surface area contributed by atoms with Gasteiger partial charge in [0.05, 0.1) is 0 Å². The molecule has 10 heavy (non-hydrogen) atoms. The third kappa shape index (κ3) is 4.55. The topological polar surface area (TPSA) is 26.3 Å². The van der Waals surface area contributed by atoms with Crippen molar-refractivity contribution >= 4 is 14.3 Å². The molecule has 0 rings (SSSR count). The molecule has 0 spiro atoms. The average molecular weight is 160 g/mol. The molecule has 0 aliphatic heterocycles. The van der Waals surface area contributed by atoms with Gasteiger partial charge in [0, 0.05) is 6.92 Å². The van der Waals surface area contributed by atoms with Crippen molar-refractivity contribution in [1.29, 1.82) is 0 Å². The van der Waals surface area contributed by atoms with Crippen LogP contribution in [0.1, 0.15) is 20.3 Å². The number of carbonyl (C=O) groups is 1. The highest BCUT2D eigenvalue weighted by atomic mass is 28.4. The fourth-order valence-corrected chi connectivity index (χ4v) is 3.13. The van der Waals surface area contributed by atoms with E-state index in [0.29, 0.717) is 0 Å². The summed E-state index contributed by atoms with van der Waals surface area (Å²) >= 11 is 0. The second-order valence-corrected chi connectivity index (χ2v) is 7.33. The summed E-state index contributed by atoms with van der Waals surface area (Å²) in [4.78, 5) is 10.5. The lowest BCUT2D eigenvalue weighted by atomic mass is 10.6. The maximum atomic E-state index is 10.5. The number of carbonyl (C=O) groups excluding carboxylic acids is 1. The summed E-state index contributed by atoms with van der Waals surface area (Å²) in [6, 6.07) is 1.06. The molecular weight excluding hydrogens is 144 g/mol. The van der Waals surface area contributed by atoms with Crippen LogP contribution in [-0.2, 0) is 9.22 Å². The zero-order chi connectivity index (χ0) is 8.20. The molecule has 0 aliphatic rings. The predicted molar refractivity (Wildman–Crippen MR) is 44.3 cm³/mol. The van der Waals surface area contributed by atoms with Crippen molar-refractivity contribution in [2.24, 2.45) is 0 Å². The molecule has 0 fully saturated rings. The molecule has 0 aliphatic carbocycles. The predicted octanol–water partition coefficient (Wildman–Crippen LogP) is 2.16. The van der Waals surface area contributed by atoms with Gasteiger partial charge < -0.3 is 4.43 Å². The Morgan fingerprint density at radius 2 is 2.00 bits per heavy atom. The molecule has 0 heterocycles. The van der Waals surface area contributed by atoms with E-state index in [1.807, 2.05) is 0 Å². The van der Waals surface area contributed by atoms with E-state index in [1.165, 1.54) is 6.92 Å². The summed E-state index contributed by atoms with van der Waals surface area (Å²) in [7, 11) is -1.62. The average Bonchev–Trinajstić information content (AvgIpc) is 1.59. The Kier molecular flexibility index (Phi) is 3.64. The number of hydrogen-bond acceptors (Lipinski definition) is 2. The van der Waals surface area contributed by atoms with Gasteiger partial charge in [0.25, 0.3) is 5.97 Å². The highest BCUT2D eigenvalue weighted by Gasteiger charge is 2.23. The van der Waals surface area contributed by atoms with Crippen LogP contribution in [0.15, 0.2) is 0 Å². The van der Waals surface area contributed by atoms with E-state index in [1.54, 1.807) is 0 Å². The molecular formula is C7H16O2Si. The van der Waals surface area contributed by atoms with E-state index in [9.17, 15) is 4.79 Å². The standard InChI is InChI=1S/C7H16O2Si/c1-5-6-10(3,4)9-7(2)8/h5-6H2,1-4H3. The third-order valence-corrected chi connectivity index (χ3v) is 3.82. The minimum Gasteiger partial charge on any atom is -0.520 e. The maximum absolute atomic E-state index is 10.5. The van der Waals surface area contributed by atoms with Crippen LogP contribution < -0.4 is 0 Å². The van der Waals surface area contributed by atoms with Crippen LogP contribution in [0.4, 0.5) is 0 Å². The third-order valence-electron chi connectivity index (χ3n) is 1.27. The lowest BCUT2D eigenvalue weighted by molar-refractivity contribution is -0.132. The van der Waals surface area contributed by atoms with E-state index in [4.69, 9.17) is 4.43 Å². The van der Waals surface area contributed by atoms with Gasteiger partial charge in [-0.2, -0.15) is 0 Å². The fraction of sp³-hybridized carbons (Fsp3) is 0.857. The van der Waals surface area contributed by atoms with Crippen LogP contribution in [0.5, 0.6) is 0 Å². The van der Waals surface area contributed by atoms with Crippen molar-refractivity contribution in [3.8, 4) is 0 Å². The van der Waals surface area contributed by atoms with Gasteiger partial charge in [-0.1, -0.05) is 13.3 Å². The fourth-order valence-electron chi connectivity index (χ4n) is 1.04. The normalized spacial score (nSPS) is 11.2. The molecule has 0 saturated carbocycles. The van der Waals surface area contributed by atoms with Gasteiger partial charge in [0.1, 0.15) is 0 Å². The van der Waals surface area contributed by atoms with Gasteiger partial charge in [-0.05, 0) is 19.1 Å². The molecule has 3 heteroatoms. The smallest absolute Gasteiger partial charge is 0.289 e. The molecule has 0 aromatic rings. The lowest BCUT2D eigenvalue weighted by Gasteiger charge is -2.20. The van der Waals surface area contributed by atoms with Gasteiger partial charge in [-0.25, -0.2) is 0 Å². The second kappa shape index (κ2) is 3.76. The first-order chi connectivity index (χ1) is 4.48. The van der Waals surface area contributed by atoms with Crippen LogP contribution in [0.25, 0.3) is 0 Å². The van der Waals surface area contributed by atoms with E-state index >= 15 is 0 Å². The van der Waals surface area contributed by atoms with E-state index in [-0.39, 0.29) is 5.97 Å². The minimum absolute atomic E-state index is 0.134. The molecule has 0 aromatic carbocycles. The summed E-state index contributed by atoms with van der Waals surface area (Å²) in [6.07, 6.45) is 1.10. The van der Waals surface area contributed by atoms with Gasteiger partial charge in [-0.3, -0.25) is 4.79 Å². The Morgan fingerprint density at radius 3 is 2.30 bits per heavy atom. The van der Waals surface area contributed by atoms with Crippen LogP contribution in [0.3, 0.4) is 0 Å². The van der Waals surface area contributed by atoms with E-state index in [2.05, 4.69) is 20.0 Å². The van der Waals surface area contributed by atoms with Crippen LogP contribution in [-0.4, -0.2) is 14.3 Å². The zero-order valence-corrected chi connectivity index (χ0v) is 8.23. The zero-order valence-electron chi connectivity index (χ0n) is 7.23. The summed E-state index contributed by atoms with van der Waals surface area (Å²) in [6.45, 7) is 7.72. The largest absolute Gasteiger partial charge is 0.520 e. The molecule has 2 nitrogen and oxygen atoms in total. The molecule has 60 valence electrons. The number of rotatable bonds is 3. The van der Waals surface area contributed by atoms with Crippen molar-refractivity contribution in [2.45, 2.75) is 39.4 Å². The summed E-state index contributed by atoms with van der Waals surface area (Å²) in [5.41, 5.74) is 0. The Balaban J connectivity index is 3.74. The number of hydrogen-bond donors (Lipinski definition) is 0. The molecule has 0 amide bonds. The molecule has 0 unspecified atom stereocenters. The van der Waals surface area contributed by atoms with Crippen molar-refractivity contribution in [3.63, 3.8) is 0 Å². The highest BCUT2D eigenvalue weighted by molar-refractivity contribution is 6.72. The lowest BCUT2D eigenvalue weighted by Crippen LogP contribution is -2.31. The van der Waals surface area contributed by atoms with Gasteiger partial charge in [0.15, 0.2) is 0 Å². The SMILES string of the molecule is CCC[Si](C)(C)OC(C)=O. The van der Waals surface area contributed by atoms with Crippen LogP contribution in [0.2, 0.25) is 19.1 Å². The summed E-state index contributed by atoms with van der Waals surface area (Å²) in [5, 5.41) is 0. The first kappa shape index (κ1) is 9.69. The Labute approximate surface area is 63.7 Å². The molecule has 0 saturated heterocycles. The summed E-state index contributed by atoms with van der Waals surface area (Å²) in [5.74, 6) is -0.134. The Hall–Kier alpha value is -0.313. The molecule has 0 atom stereocenters. The second-order valence-electron chi connectivity index (χ2n) is 3.10. The minimum atomic E-state index is -1.62. The van der Waals surface area contributed by atoms with Crippen molar-refractivity contribution < 1.29 is 9.22 Å². The van der Waals surface area contributed by atoms with E-state index in [0.717, 1.165) is 12.5 Å². The van der Waals surface area contributed by atoms with Crippen molar-refractivity contribution in [2.75, 3.05) is 0 Å². The Morgan fingerprint density at radius 1 is 1.50 bits per heavy atom. The van der Waals surface area contributed by atoms with Crippen molar-refractivity contribution in [1.82, 2.24) is 0 Å². The van der Waals surface area contributed by atoms with Crippen LogP contribution in [0, 0.1) is 0 Å². The Bertz CT molecular complexity index is 121.